The molecule has 44 heavy (non-hydrogen) atoms. The summed E-state index contributed by atoms with van der Waals surface area (Å²) in [6.07, 6.45) is 4.74. The van der Waals surface area contributed by atoms with Crippen LogP contribution in [0.3, 0.4) is 0 Å². The van der Waals surface area contributed by atoms with Crippen molar-refractivity contribution in [3.05, 3.63) is 95.7 Å². The summed E-state index contributed by atoms with van der Waals surface area (Å²) in [6, 6.07) is 17.5. The first-order valence-electron chi connectivity index (χ1n) is 14.6. The molecule has 0 atom stereocenters. The molecular formula is C32H33N7O4S. The largest absolute Gasteiger partial charge is 0.378 e. The monoisotopic (exact) mass is 611 g/mol. The number of imidazole rings is 1. The molecule has 12 heteroatoms. The quantitative estimate of drug-likeness (QED) is 0.254. The van der Waals surface area contributed by atoms with Gasteiger partial charge in [-0.1, -0.05) is 61.5 Å². The minimum atomic E-state index is -4.35. The Morgan fingerprint density at radius 3 is 2.45 bits per heavy atom. The van der Waals surface area contributed by atoms with Gasteiger partial charge in [0.2, 0.25) is 5.95 Å². The SMILES string of the molecule is CCCc1nc2c(C)nc(N3CCOCC3)nc2n1Cc1ccc(-c2ccncc2NS(=O)(=O)C(=O)c2ccccc2)cc1. The second kappa shape index (κ2) is 12.5. The Hall–Kier alpha value is -4.68. The number of ether oxygens (including phenoxy) is 1. The zero-order valence-corrected chi connectivity index (χ0v) is 25.4. The summed E-state index contributed by atoms with van der Waals surface area (Å²) in [5.41, 5.74) is 5.18. The fraction of sp³-hybridized carbons (Fsp3) is 0.281. The van der Waals surface area contributed by atoms with Crippen molar-refractivity contribution in [3.8, 4) is 11.1 Å². The van der Waals surface area contributed by atoms with E-state index in [9.17, 15) is 13.2 Å². The molecule has 1 saturated heterocycles. The number of benzene rings is 2. The lowest BCUT2D eigenvalue weighted by molar-refractivity contribution is 0.107. The predicted octanol–water partition coefficient (Wildman–Crippen LogP) is 4.62. The fourth-order valence-electron chi connectivity index (χ4n) is 5.27. The molecule has 226 valence electrons. The van der Waals surface area contributed by atoms with Crippen molar-refractivity contribution < 1.29 is 17.9 Å². The number of anilines is 2. The Kier molecular flexibility index (Phi) is 8.36. The van der Waals surface area contributed by atoms with Crippen LogP contribution in [0.25, 0.3) is 22.3 Å². The van der Waals surface area contributed by atoms with Gasteiger partial charge in [-0.05, 0) is 30.5 Å². The van der Waals surface area contributed by atoms with Crippen LogP contribution in [-0.4, -0.2) is 64.3 Å². The van der Waals surface area contributed by atoms with Gasteiger partial charge in [0, 0.05) is 36.8 Å². The van der Waals surface area contributed by atoms with Crippen molar-refractivity contribution in [1.29, 1.82) is 0 Å². The number of pyridine rings is 1. The number of nitrogens with zero attached hydrogens (tertiary/aromatic N) is 6. The van der Waals surface area contributed by atoms with E-state index in [4.69, 9.17) is 19.7 Å². The maximum Gasteiger partial charge on any atom is 0.300 e. The third-order valence-electron chi connectivity index (χ3n) is 7.53. The number of fused-ring (bicyclic) bond motifs is 1. The molecule has 0 spiro atoms. The number of carbonyl (C=O) groups excluding carboxylic acids is 1. The molecule has 0 unspecified atom stereocenters. The number of hydrogen-bond acceptors (Lipinski definition) is 9. The first kappa shape index (κ1) is 29.4. The van der Waals surface area contributed by atoms with E-state index in [0.717, 1.165) is 59.7 Å². The molecule has 1 aliphatic heterocycles. The maximum atomic E-state index is 12.9. The van der Waals surface area contributed by atoms with E-state index >= 15 is 0 Å². The van der Waals surface area contributed by atoms with Gasteiger partial charge < -0.3 is 14.2 Å². The van der Waals surface area contributed by atoms with Gasteiger partial charge in [-0.3, -0.25) is 14.5 Å². The van der Waals surface area contributed by atoms with Crippen LogP contribution in [0.15, 0.2) is 73.1 Å². The van der Waals surface area contributed by atoms with Crippen molar-refractivity contribution in [2.75, 3.05) is 35.9 Å². The number of hydrogen-bond donors (Lipinski definition) is 1. The number of sulfonamides is 1. The molecule has 1 N–H and O–H groups in total. The topological polar surface area (TPSA) is 132 Å². The van der Waals surface area contributed by atoms with E-state index in [0.29, 0.717) is 31.3 Å². The molecule has 6 rings (SSSR count). The first-order chi connectivity index (χ1) is 21.3. The highest BCUT2D eigenvalue weighted by molar-refractivity contribution is 8.07. The Morgan fingerprint density at radius 2 is 1.73 bits per heavy atom. The van der Waals surface area contributed by atoms with Crippen LogP contribution < -0.4 is 9.62 Å². The summed E-state index contributed by atoms with van der Waals surface area (Å²) < 4.78 is 36.0. The first-order valence-corrected chi connectivity index (χ1v) is 16.0. The fourth-order valence-corrected chi connectivity index (χ4v) is 6.27. The third-order valence-corrected chi connectivity index (χ3v) is 8.74. The van der Waals surface area contributed by atoms with E-state index in [-0.39, 0.29) is 11.3 Å². The summed E-state index contributed by atoms with van der Waals surface area (Å²) in [5, 5.41) is -1.01. The average Bonchev–Trinajstić information content (AvgIpc) is 3.39. The summed E-state index contributed by atoms with van der Waals surface area (Å²) in [6.45, 7) is 7.46. The highest BCUT2D eigenvalue weighted by atomic mass is 32.2. The van der Waals surface area contributed by atoms with Crippen LogP contribution in [0.1, 0.15) is 40.8 Å². The molecule has 2 aromatic carbocycles. The number of carbonyl (C=O) groups is 1. The number of aromatic nitrogens is 5. The van der Waals surface area contributed by atoms with Crippen LogP contribution in [0.2, 0.25) is 0 Å². The van der Waals surface area contributed by atoms with Crippen LogP contribution in [0.5, 0.6) is 0 Å². The lowest BCUT2D eigenvalue weighted by Gasteiger charge is -2.27. The van der Waals surface area contributed by atoms with Crippen molar-refractivity contribution in [2.24, 2.45) is 0 Å². The van der Waals surface area contributed by atoms with Crippen molar-refractivity contribution in [1.82, 2.24) is 24.5 Å². The summed E-state index contributed by atoms with van der Waals surface area (Å²) in [7, 11) is -4.35. The van der Waals surface area contributed by atoms with Gasteiger partial charge in [0.25, 0.3) is 5.12 Å². The molecular weight excluding hydrogens is 578 g/mol. The molecule has 1 aliphatic rings. The van der Waals surface area contributed by atoms with Crippen molar-refractivity contribution in [2.45, 2.75) is 33.2 Å². The van der Waals surface area contributed by atoms with E-state index in [1.165, 1.54) is 18.3 Å². The molecule has 0 radical (unpaired) electrons. The van der Waals surface area contributed by atoms with Gasteiger partial charge in [0.05, 0.1) is 37.3 Å². The molecule has 0 bridgehead atoms. The molecule has 0 amide bonds. The Morgan fingerprint density at radius 1 is 0.977 bits per heavy atom. The Balaban J connectivity index is 1.28. The summed E-state index contributed by atoms with van der Waals surface area (Å²) in [4.78, 5) is 33.6. The van der Waals surface area contributed by atoms with E-state index < -0.39 is 15.1 Å². The van der Waals surface area contributed by atoms with Gasteiger partial charge in [-0.25, -0.2) is 9.97 Å². The molecule has 5 aromatic rings. The van der Waals surface area contributed by atoms with Crippen LogP contribution >= 0.6 is 0 Å². The van der Waals surface area contributed by atoms with Gasteiger partial charge in [0.1, 0.15) is 11.3 Å². The Bertz CT molecular complexity index is 1900. The molecule has 11 nitrogen and oxygen atoms in total. The van der Waals surface area contributed by atoms with Crippen LogP contribution in [0, 0.1) is 6.92 Å². The summed E-state index contributed by atoms with van der Waals surface area (Å²) >= 11 is 0. The van der Waals surface area contributed by atoms with E-state index in [1.807, 2.05) is 31.2 Å². The maximum absolute atomic E-state index is 12.9. The molecule has 3 aromatic heterocycles. The van der Waals surface area contributed by atoms with Gasteiger partial charge in [-0.2, -0.15) is 13.4 Å². The highest BCUT2D eigenvalue weighted by Gasteiger charge is 2.25. The zero-order chi connectivity index (χ0) is 30.7. The van der Waals surface area contributed by atoms with Gasteiger partial charge in [-0.15, -0.1) is 0 Å². The van der Waals surface area contributed by atoms with Crippen molar-refractivity contribution >= 4 is 37.9 Å². The van der Waals surface area contributed by atoms with Crippen LogP contribution in [-0.2, 0) is 27.7 Å². The highest BCUT2D eigenvalue weighted by Crippen LogP contribution is 2.29. The molecule has 0 saturated carbocycles. The lowest BCUT2D eigenvalue weighted by Crippen LogP contribution is -2.37. The molecule has 0 aliphatic carbocycles. The molecule has 4 heterocycles. The van der Waals surface area contributed by atoms with E-state index in [2.05, 4.69) is 26.1 Å². The standard InChI is InChI=1S/C32H33N7O4S/c1-3-7-28-35-29-22(2)34-32(38-16-18-43-19-17-38)36-30(29)39(28)21-23-10-12-24(13-11-23)26-14-15-33-20-27(26)37-44(41,42)31(40)25-8-5-4-6-9-25/h4-6,8-15,20,37H,3,7,16-19,21H2,1-2H3. The average molecular weight is 612 g/mol. The number of nitrogens with one attached hydrogen (secondary N) is 1. The number of morpholine rings is 1. The lowest BCUT2D eigenvalue weighted by atomic mass is 10.0. The second-order valence-corrected chi connectivity index (χ2v) is 12.2. The normalized spacial score (nSPS) is 13.7. The van der Waals surface area contributed by atoms with Crippen molar-refractivity contribution in [3.63, 3.8) is 0 Å². The predicted molar refractivity (Wildman–Crippen MR) is 169 cm³/mol. The minimum absolute atomic E-state index is 0.0850. The Labute approximate surface area is 256 Å². The number of rotatable bonds is 9. The van der Waals surface area contributed by atoms with Crippen LogP contribution in [0.4, 0.5) is 11.6 Å². The molecule has 1 fully saturated rings. The smallest absolute Gasteiger partial charge is 0.300 e. The third kappa shape index (κ3) is 6.03. The zero-order valence-electron chi connectivity index (χ0n) is 24.6. The van der Waals surface area contributed by atoms with E-state index in [1.54, 1.807) is 30.5 Å². The number of aryl methyl sites for hydroxylation is 2. The summed E-state index contributed by atoms with van der Waals surface area (Å²) in [5.74, 6) is 1.65. The van der Waals surface area contributed by atoms with Gasteiger partial charge in [0.15, 0.2) is 5.65 Å². The van der Waals surface area contributed by atoms with Gasteiger partial charge >= 0.3 is 10.0 Å². The second-order valence-electron chi connectivity index (χ2n) is 10.6. The minimum Gasteiger partial charge on any atom is -0.378 e.